The first-order chi connectivity index (χ1) is 33.3. The maximum absolute atomic E-state index is 10.7. The van der Waals surface area contributed by atoms with Crippen LogP contribution in [-0.2, 0) is 9.32 Å². The maximum Gasteiger partial charge on any atom is 0.272 e. The highest BCUT2D eigenvalue weighted by atomic mass is 79.9. The fourth-order valence-corrected chi connectivity index (χ4v) is 8.60. The zero-order chi connectivity index (χ0) is 50.8. The summed E-state index contributed by atoms with van der Waals surface area (Å²) in [6, 6.07) is 36.5. The number of halogens is 3. The second kappa shape index (κ2) is 23.7. The smallest absolute Gasteiger partial charge is 0.272 e. The summed E-state index contributed by atoms with van der Waals surface area (Å²) < 4.78 is 6.70. The van der Waals surface area contributed by atoms with Crippen LogP contribution in [0.15, 0.2) is 141 Å². The Morgan fingerprint density at radius 1 is 0.571 bits per heavy atom. The van der Waals surface area contributed by atoms with Crippen LogP contribution >= 0.6 is 55.5 Å². The number of hydrogen-bond donors (Lipinski definition) is 4. The molecule has 0 amide bonds. The Morgan fingerprint density at radius 3 is 1.63 bits per heavy atom. The monoisotopic (exact) mass is 1110 g/mol. The van der Waals surface area contributed by atoms with Gasteiger partial charge in [-0.1, -0.05) is 73.8 Å². The Morgan fingerprint density at radius 2 is 1.06 bits per heavy atom. The minimum Gasteiger partial charge on any atom is -0.383 e. The van der Waals surface area contributed by atoms with E-state index in [9.17, 15) is 20.2 Å². The van der Waals surface area contributed by atoms with E-state index >= 15 is 0 Å². The van der Waals surface area contributed by atoms with E-state index in [1.807, 2.05) is 80.6 Å². The largest absolute Gasteiger partial charge is 0.383 e. The van der Waals surface area contributed by atoms with Crippen LogP contribution in [0.25, 0.3) is 54.0 Å². The predicted molar refractivity (Wildman–Crippen MR) is 291 cm³/mol. The number of benzene rings is 7. The van der Waals surface area contributed by atoms with Gasteiger partial charge in [0, 0.05) is 65.7 Å². The van der Waals surface area contributed by atoms with Gasteiger partial charge in [-0.3, -0.25) is 25.3 Å². The number of anilines is 2. The van der Waals surface area contributed by atoms with Crippen molar-refractivity contribution in [3.8, 4) is 0 Å². The van der Waals surface area contributed by atoms with Crippen molar-refractivity contribution in [3.05, 3.63) is 195 Å². The number of fused-ring (bicyclic) bond motifs is 5. The van der Waals surface area contributed by atoms with E-state index in [-0.39, 0.29) is 16.3 Å². The molecular weight excluding hydrogens is 1060 g/mol. The molecule has 0 bridgehead atoms. The Labute approximate surface area is 428 Å². The number of aromatic nitrogens is 4. The van der Waals surface area contributed by atoms with Crippen molar-refractivity contribution in [1.29, 1.82) is 0 Å². The zero-order valence-electron chi connectivity index (χ0n) is 38.6. The average molecular weight is 1110 g/mol. The lowest BCUT2D eigenvalue weighted by molar-refractivity contribution is -0.385. The highest BCUT2D eigenvalue weighted by Crippen LogP contribution is 2.31. The first kappa shape index (κ1) is 52.6. The number of nitro benzene ring substituents is 2. The number of hydrogen-bond acceptors (Lipinski definition) is 13. The van der Waals surface area contributed by atoms with Crippen LogP contribution in [0, 0.1) is 61.8 Å². The van der Waals surface area contributed by atoms with E-state index in [4.69, 9.17) is 29.0 Å². The highest BCUT2D eigenvalue weighted by Gasteiger charge is 2.13. The van der Waals surface area contributed by atoms with Gasteiger partial charge in [0.1, 0.15) is 16.8 Å². The molecule has 3 heterocycles. The number of aryl methyl sites for hydroxylation is 6. The van der Waals surface area contributed by atoms with Gasteiger partial charge in [0.05, 0.1) is 27.4 Å². The molecule has 10 rings (SSSR count). The number of nitrogens with one attached hydrogen (secondary N) is 1. The summed E-state index contributed by atoms with van der Waals surface area (Å²) in [6.45, 7) is 11.7. The number of pyridine rings is 2. The molecule has 0 radical (unpaired) electrons. The number of H-pyrrole nitrogens is 1. The minimum absolute atomic E-state index is 0.105. The van der Waals surface area contributed by atoms with Crippen LogP contribution < -0.4 is 17.4 Å². The predicted octanol–water partition coefficient (Wildman–Crippen LogP) is 14.6. The standard InChI is InChI=1S/C11H10BrNO2S.C11H8BrNO2.C11H12N2.C10H9N3O2.C8H7ClN2/c1-7-4-9-5-10(12)3-2-8(9)6-11(7)16-15-14-13;1-7-4-9-5-10(12)3-2-8(9)6-11(7)13(14)15;1-7-5-9-3-4-13-11(12)10(9)6-8(7)2;1-6-4-8-7(2-3-12-10(8)11)5-9(6)13(14)15;1-5-2-3-6-7(4-5)10-11-8(6)9/h2-6H,13H2,1H3;2-6H,1H3;3-6H,1-2H3,(H2,12,13);2-5H,1H3,(H2,11,12);2-4H,1H3,(H,10,11). The van der Waals surface area contributed by atoms with Gasteiger partial charge in [-0.25, -0.2) is 9.97 Å². The lowest BCUT2D eigenvalue weighted by Gasteiger charge is -2.06. The summed E-state index contributed by atoms with van der Waals surface area (Å²) in [4.78, 5) is 33.8. The van der Waals surface area contributed by atoms with Crippen LogP contribution in [0.5, 0.6) is 0 Å². The van der Waals surface area contributed by atoms with E-state index in [2.05, 4.69) is 99.5 Å². The molecule has 0 fully saturated rings. The molecule has 19 heteroatoms. The maximum atomic E-state index is 10.7. The Bertz CT molecular complexity index is 3560. The Hall–Kier alpha value is -6.77. The molecule has 15 nitrogen and oxygen atoms in total. The quantitative estimate of drug-likeness (QED) is 0.0544. The summed E-state index contributed by atoms with van der Waals surface area (Å²) in [5.74, 6) is 5.82. The molecule has 0 atom stereocenters. The summed E-state index contributed by atoms with van der Waals surface area (Å²) in [7, 11) is 0. The second-order valence-corrected chi connectivity index (χ2v) is 18.9. The van der Waals surface area contributed by atoms with Gasteiger partial charge in [0.15, 0.2) is 0 Å². The molecule has 7 aromatic carbocycles. The van der Waals surface area contributed by atoms with Gasteiger partial charge in [-0.15, -0.1) is 9.32 Å². The third-order valence-corrected chi connectivity index (χ3v) is 13.0. The molecule has 3 aromatic heterocycles. The van der Waals surface area contributed by atoms with E-state index < -0.39 is 4.92 Å². The summed E-state index contributed by atoms with van der Waals surface area (Å²) >= 11 is 13.7. The van der Waals surface area contributed by atoms with Crippen molar-refractivity contribution in [2.75, 3.05) is 11.5 Å². The third kappa shape index (κ3) is 13.3. The fourth-order valence-electron chi connectivity index (χ4n) is 7.17. The van der Waals surface area contributed by atoms with E-state index in [1.54, 1.807) is 38.2 Å². The normalized spacial score (nSPS) is 10.7. The van der Waals surface area contributed by atoms with Gasteiger partial charge in [0.2, 0.25) is 0 Å². The zero-order valence-corrected chi connectivity index (χ0v) is 43.3. The van der Waals surface area contributed by atoms with Crippen LogP contribution in [0.2, 0.25) is 5.15 Å². The first-order valence-electron chi connectivity index (χ1n) is 21.1. The fraction of sp³-hybridized carbons (Fsp3) is 0.118. The van der Waals surface area contributed by atoms with E-state index in [0.717, 1.165) is 80.1 Å². The summed E-state index contributed by atoms with van der Waals surface area (Å²) in [5, 5.41) is 37.7. The topological polar surface area (TPSA) is 237 Å². The van der Waals surface area contributed by atoms with Crippen molar-refractivity contribution in [1.82, 2.24) is 20.2 Å². The van der Waals surface area contributed by atoms with Gasteiger partial charge >= 0.3 is 0 Å². The number of nitrogens with two attached hydrogens (primary N) is 3. The second-order valence-electron chi connectivity index (χ2n) is 16.0. The first-order valence-corrected chi connectivity index (χ1v) is 23.8. The lowest BCUT2D eigenvalue weighted by Crippen LogP contribution is -1.95. The molecule has 0 saturated carbocycles. The molecule has 10 aromatic rings. The molecule has 0 spiro atoms. The number of nitro groups is 2. The lowest BCUT2D eigenvalue weighted by atomic mass is 10.0. The average Bonchev–Trinajstić information content (AvgIpc) is 3.68. The molecule has 358 valence electrons. The van der Waals surface area contributed by atoms with Crippen molar-refractivity contribution in [3.63, 3.8) is 0 Å². The SMILES string of the molecule is Cc1cc2c(N)nccc2cc1[N+](=O)[O-].Cc1cc2cc(Br)ccc2cc1SOON.Cc1cc2cc(Br)ccc2cc1[N+](=O)[O-].Cc1cc2ccnc(N)c2cc1C.Cc1ccc2c(Cl)[nH]nc2c1. The summed E-state index contributed by atoms with van der Waals surface area (Å²) in [6.07, 6.45) is 3.28. The molecule has 0 aliphatic rings. The van der Waals surface area contributed by atoms with Gasteiger partial charge in [-0.05, 0) is 169 Å². The van der Waals surface area contributed by atoms with Crippen LogP contribution in [0.3, 0.4) is 0 Å². The van der Waals surface area contributed by atoms with Gasteiger partial charge < -0.3 is 11.5 Å². The molecule has 0 saturated heterocycles. The van der Waals surface area contributed by atoms with Crippen LogP contribution in [0.4, 0.5) is 23.0 Å². The van der Waals surface area contributed by atoms with Crippen molar-refractivity contribution in [2.24, 2.45) is 5.90 Å². The molecule has 0 aliphatic heterocycles. The van der Waals surface area contributed by atoms with Crippen molar-refractivity contribution >= 4 is 133 Å². The van der Waals surface area contributed by atoms with Crippen LogP contribution in [-0.4, -0.2) is 30.0 Å². The van der Waals surface area contributed by atoms with E-state index in [1.165, 1.54) is 34.3 Å². The molecule has 0 aliphatic carbocycles. The number of nitrogen functional groups attached to an aromatic ring is 2. The molecule has 70 heavy (non-hydrogen) atoms. The Kier molecular flexibility index (Phi) is 17.8. The van der Waals surface area contributed by atoms with Gasteiger partial charge in [-0.2, -0.15) is 11.0 Å². The molecule has 0 unspecified atom stereocenters. The van der Waals surface area contributed by atoms with Crippen molar-refractivity contribution < 1.29 is 19.2 Å². The third-order valence-electron chi connectivity index (χ3n) is 11.0. The van der Waals surface area contributed by atoms with Crippen molar-refractivity contribution in [2.45, 2.75) is 46.4 Å². The number of rotatable bonds is 5. The summed E-state index contributed by atoms with van der Waals surface area (Å²) in [5.41, 5.74) is 18.8. The highest BCUT2D eigenvalue weighted by molar-refractivity contribution is 9.10. The number of nitrogens with zero attached hydrogens (tertiary/aromatic N) is 5. The molecular formula is C51H46Br2ClN9O6S. The Balaban J connectivity index is 0.000000144. The molecule has 7 N–H and O–H groups in total. The number of aromatic amines is 1. The van der Waals surface area contributed by atoms with E-state index in [0.29, 0.717) is 27.9 Å². The van der Waals surface area contributed by atoms with Crippen LogP contribution in [0.1, 0.15) is 33.4 Å². The minimum atomic E-state index is -0.397. The van der Waals surface area contributed by atoms with Gasteiger partial charge in [0.25, 0.3) is 11.4 Å².